The van der Waals surface area contributed by atoms with Gasteiger partial charge in [-0.15, -0.1) is 0 Å². The van der Waals surface area contributed by atoms with Crippen molar-refractivity contribution in [1.82, 2.24) is 4.72 Å². The van der Waals surface area contributed by atoms with E-state index in [-0.39, 0.29) is 23.8 Å². The molecule has 0 saturated carbocycles. The van der Waals surface area contributed by atoms with Crippen molar-refractivity contribution in [3.8, 4) is 0 Å². The Hall–Kier alpha value is -1.93. The van der Waals surface area contributed by atoms with Crippen molar-refractivity contribution in [1.29, 1.82) is 0 Å². The summed E-state index contributed by atoms with van der Waals surface area (Å²) in [5.74, 6) is -1.74. The molecule has 0 bridgehead atoms. The molecule has 7 nitrogen and oxygen atoms in total. The molecule has 8 heteroatoms. The minimum absolute atomic E-state index is 0.0619. The molecule has 1 N–H and O–H groups in total. The number of carbonyl (C=O) groups excluding carboxylic acids is 2. The molecule has 1 aliphatic heterocycles. The molecule has 0 spiro atoms. The summed E-state index contributed by atoms with van der Waals surface area (Å²) >= 11 is 0. The van der Waals surface area contributed by atoms with E-state index in [4.69, 9.17) is 9.47 Å². The lowest BCUT2D eigenvalue weighted by atomic mass is 10.1. The largest absolute Gasteiger partial charge is 0.463 e. The van der Waals surface area contributed by atoms with Gasteiger partial charge in [-0.3, -0.25) is 4.79 Å². The van der Waals surface area contributed by atoms with Crippen LogP contribution < -0.4 is 4.72 Å². The van der Waals surface area contributed by atoms with E-state index < -0.39 is 34.1 Å². The number of sulfonamides is 1. The molecule has 0 aliphatic carbocycles. The fourth-order valence-electron chi connectivity index (χ4n) is 2.21. The number of aryl methyl sites for hydroxylation is 1. The third kappa shape index (κ3) is 4.33. The molecule has 132 valence electrons. The monoisotopic (exact) mass is 355 g/mol. The number of esters is 2. The lowest BCUT2D eigenvalue weighted by Gasteiger charge is -2.22. The summed E-state index contributed by atoms with van der Waals surface area (Å²) in [6.45, 7) is 5.42. The van der Waals surface area contributed by atoms with Gasteiger partial charge < -0.3 is 9.47 Å². The van der Waals surface area contributed by atoms with Crippen molar-refractivity contribution in [3.63, 3.8) is 0 Å². The Balaban J connectivity index is 2.13. The third-order valence-electron chi connectivity index (χ3n) is 3.68. The molecule has 0 radical (unpaired) electrons. The first-order valence-corrected chi connectivity index (χ1v) is 9.15. The van der Waals surface area contributed by atoms with Gasteiger partial charge in [0, 0.05) is 6.42 Å². The van der Waals surface area contributed by atoms with E-state index in [0.717, 1.165) is 5.56 Å². The van der Waals surface area contributed by atoms with Crippen molar-refractivity contribution < 1.29 is 27.5 Å². The van der Waals surface area contributed by atoms with Crippen molar-refractivity contribution in [2.75, 3.05) is 6.61 Å². The highest BCUT2D eigenvalue weighted by molar-refractivity contribution is 7.89. The molecule has 1 aliphatic rings. The quantitative estimate of drug-likeness (QED) is 0.769. The Morgan fingerprint density at radius 3 is 2.42 bits per heavy atom. The summed E-state index contributed by atoms with van der Waals surface area (Å²) in [7, 11) is -3.88. The van der Waals surface area contributed by atoms with E-state index >= 15 is 0 Å². The van der Waals surface area contributed by atoms with Crippen molar-refractivity contribution in [2.45, 2.75) is 44.2 Å². The SMILES string of the molecule is Cc1ccc(S(=O)(=O)N[C@H](C(=O)O[C@@H]2CCOC2=O)C(C)C)cc1. The molecule has 2 rings (SSSR count). The summed E-state index contributed by atoms with van der Waals surface area (Å²) in [6, 6.07) is 5.19. The van der Waals surface area contributed by atoms with Gasteiger partial charge >= 0.3 is 11.9 Å². The second-order valence-corrected chi connectivity index (χ2v) is 7.75. The minimum atomic E-state index is -3.88. The van der Waals surface area contributed by atoms with E-state index in [1.807, 2.05) is 6.92 Å². The molecule has 0 unspecified atom stereocenters. The van der Waals surface area contributed by atoms with Gasteiger partial charge in [0.25, 0.3) is 0 Å². The summed E-state index contributed by atoms with van der Waals surface area (Å²) < 4.78 is 37.1. The fourth-order valence-corrected chi connectivity index (χ4v) is 3.54. The van der Waals surface area contributed by atoms with Crippen LogP contribution in [0.25, 0.3) is 0 Å². The average Bonchev–Trinajstić information content (AvgIpc) is 2.90. The smallest absolute Gasteiger partial charge is 0.347 e. The second kappa shape index (κ2) is 7.31. The number of nitrogens with one attached hydrogen (secondary N) is 1. The normalized spacial score (nSPS) is 19.2. The van der Waals surface area contributed by atoms with Crippen molar-refractivity contribution >= 4 is 22.0 Å². The Kier molecular flexibility index (Phi) is 5.61. The number of hydrogen-bond donors (Lipinski definition) is 1. The Morgan fingerprint density at radius 1 is 1.29 bits per heavy atom. The number of benzene rings is 1. The number of carbonyl (C=O) groups is 2. The highest BCUT2D eigenvalue weighted by Gasteiger charge is 2.35. The number of cyclic esters (lactones) is 1. The topological polar surface area (TPSA) is 98.8 Å². The molecule has 1 aromatic rings. The molecule has 1 saturated heterocycles. The van der Waals surface area contributed by atoms with Crippen LogP contribution in [0.15, 0.2) is 29.2 Å². The Morgan fingerprint density at radius 2 is 1.92 bits per heavy atom. The molecule has 24 heavy (non-hydrogen) atoms. The first-order valence-electron chi connectivity index (χ1n) is 7.67. The van der Waals surface area contributed by atoms with Crippen LogP contribution in [0.5, 0.6) is 0 Å². The summed E-state index contributed by atoms with van der Waals surface area (Å²) in [5, 5.41) is 0. The van der Waals surface area contributed by atoms with E-state index in [9.17, 15) is 18.0 Å². The molecule has 1 fully saturated rings. The number of hydrogen-bond acceptors (Lipinski definition) is 6. The number of rotatable bonds is 6. The highest BCUT2D eigenvalue weighted by Crippen LogP contribution is 2.16. The maximum Gasteiger partial charge on any atom is 0.347 e. The maximum absolute atomic E-state index is 12.5. The fraction of sp³-hybridized carbons (Fsp3) is 0.500. The van der Waals surface area contributed by atoms with Crippen LogP contribution in [0.4, 0.5) is 0 Å². The van der Waals surface area contributed by atoms with Crippen LogP contribution in [0.1, 0.15) is 25.8 Å². The molecule has 2 atom stereocenters. The van der Waals surface area contributed by atoms with Gasteiger partial charge in [-0.2, -0.15) is 4.72 Å². The van der Waals surface area contributed by atoms with Gasteiger partial charge in [0.2, 0.25) is 16.1 Å². The van der Waals surface area contributed by atoms with Crippen LogP contribution in [-0.2, 0) is 29.1 Å². The molecule has 0 amide bonds. The Labute approximate surface area is 141 Å². The van der Waals surface area contributed by atoms with E-state index in [2.05, 4.69) is 4.72 Å². The zero-order valence-corrected chi connectivity index (χ0v) is 14.6. The second-order valence-electron chi connectivity index (χ2n) is 6.04. The van der Waals surface area contributed by atoms with Crippen LogP contribution >= 0.6 is 0 Å². The minimum Gasteiger partial charge on any atom is -0.463 e. The maximum atomic E-state index is 12.5. The van der Waals surface area contributed by atoms with Gasteiger partial charge in [-0.05, 0) is 25.0 Å². The van der Waals surface area contributed by atoms with E-state index in [1.165, 1.54) is 12.1 Å². The Bertz CT molecular complexity index is 711. The lowest BCUT2D eigenvalue weighted by Crippen LogP contribution is -2.46. The molecule has 1 heterocycles. The standard InChI is InChI=1S/C16H21NO6S/c1-10(2)14(16(19)23-13-8-9-22-15(13)18)17-24(20,21)12-6-4-11(3)5-7-12/h4-7,10,13-14,17H,8-9H2,1-3H3/t13-,14+/m1/s1. The van der Waals surface area contributed by atoms with Crippen LogP contribution in [0.2, 0.25) is 0 Å². The molecular weight excluding hydrogens is 334 g/mol. The van der Waals surface area contributed by atoms with Gasteiger partial charge in [0.15, 0.2) is 0 Å². The summed E-state index contributed by atoms with van der Waals surface area (Å²) in [4.78, 5) is 23.8. The van der Waals surface area contributed by atoms with Gasteiger partial charge in [-0.25, -0.2) is 13.2 Å². The zero-order valence-electron chi connectivity index (χ0n) is 13.8. The van der Waals surface area contributed by atoms with Crippen molar-refractivity contribution in [2.24, 2.45) is 5.92 Å². The molecular formula is C16H21NO6S. The van der Waals surface area contributed by atoms with Crippen LogP contribution in [0, 0.1) is 12.8 Å². The van der Waals surface area contributed by atoms with Gasteiger partial charge in [-0.1, -0.05) is 31.5 Å². The van der Waals surface area contributed by atoms with E-state index in [1.54, 1.807) is 26.0 Å². The van der Waals surface area contributed by atoms with Crippen molar-refractivity contribution in [3.05, 3.63) is 29.8 Å². The van der Waals surface area contributed by atoms with Gasteiger partial charge in [0.1, 0.15) is 6.04 Å². The summed E-state index contributed by atoms with van der Waals surface area (Å²) in [6.07, 6.45) is -0.692. The third-order valence-corrected chi connectivity index (χ3v) is 5.14. The number of ether oxygens (including phenoxy) is 2. The lowest BCUT2D eigenvalue weighted by molar-refractivity contribution is -0.162. The zero-order chi connectivity index (χ0) is 17.9. The molecule has 0 aromatic heterocycles. The summed E-state index contributed by atoms with van der Waals surface area (Å²) in [5.41, 5.74) is 0.925. The van der Waals surface area contributed by atoms with Crippen LogP contribution in [0.3, 0.4) is 0 Å². The first kappa shape index (κ1) is 18.4. The highest BCUT2D eigenvalue weighted by atomic mass is 32.2. The first-order chi connectivity index (χ1) is 11.2. The average molecular weight is 355 g/mol. The predicted molar refractivity (Wildman–Crippen MR) is 85.6 cm³/mol. The van der Waals surface area contributed by atoms with Crippen LogP contribution in [-0.4, -0.2) is 39.1 Å². The van der Waals surface area contributed by atoms with Gasteiger partial charge in [0.05, 0.1) is 11.5 Å². The molecule has 1 aromatic carbocycles. The van der Waals surface area contributed by atoms with E-state index in [0.29, 0.717) is 0 Å². The predicted octanol–water partition coefficient (Wildman–Crippen LogP) is 1.16.